The van der Waals surface area contributed by atoms with E-state index in [-0.39, 0.29) is 22.5 Å². The van der Waals surface area contributed by atoms with Crippen molar-refractivity contribution in [1.29, 1.82) is 0 Å². The minimum atomic E-state index is -3.54. The molecule has 3 atom stereocenters. The maximum absolute atomic E-state index is 12.5. The quantitative estimate of drug-likeness (QED) is 0.766. The number of hydrogen-bond acceptors (Lipinski definition) is 3. The van der Waals surface area contributed by atoms with Gasteiger partial charge in [-0.05, 0) is 25.0 Å². The zero-order chi connectivity index (χ0) is 12.8. The first-order chi connectivity index (χ1) is 8.60. The first-order valence-corrected chi connectivity index (χ1v) is 7.66. The van der Waals surface area contributed by atoms with Crippen LogP contribution in [0.25, 0.3) is 0 Å². The lowest BCUT2D eigenvalue weighted by Gasteiger charge is -2.35. The zero-order valence-electron chi connectivity index (χ0n) is 9.82. The number of carbonyl (C=O) groups excluding carboxylic acids is 1. The van der Waals surface area contributed by atoms with Crippen LogP contribution in [0.5, 0.6) is 0 Å². The summed E-state index contributed by atoms with van der Waals surface area (Å²) in [6.07, 6.45) is 5.36. The van der Waals surface area contributed by atoms with E-state index < -0.39 is 15.1 Å². The van der Waals surface area contributed by atoms with Crippen molar-refractivity contribution in [2.45, 2.75) is 23.0 Å². The van der Waals surface area contributed by atoms with Gasteiger partial charge < -0.3 is 0 Å². The normalized spacial score (nSPS) is 30.7. The molecule has 94 valence electrons. The molecule has 1 aromatic rings. The van der Waals surface area contributed by atoms with E-state index >= 15 is 0 Å². The van der Waals surface area contributed by atoms with Crippen molar-refractivity contribution in [2.75, 3.05) is 0 Å². The highest BCUT2D eigenvalue weighted by Crippen LogP contribution is 2.39. The molecule has 1 aromatic carbocycles. The Morgan fingerprint density at radius 1 is 1.00 bits per heavy atom. The smallest absolute Gasteiger partial charge is 0.188 e. The van der Waals surface area contributed by atoms with Gasteiger partial charge in [0.25, 0.3) is 0 Å². The molecule has 3 aliphatic rings. The van der Waals surface area contributed by atoms with Crippen LogP contribution in [-0.2, 0) is 14.6 Å². The molecule has 0 heterocycles. The molecule has 0 spiro atoms. The monoisotopic (exact) mass is 262 g/mol. The van der Waals surface area contributed by atoms with Gasteiger partial charge in [-0.1, -0.05) is 30.4 Å². The molecule has 0 radical (unpaired) electrons. The topological polar surface area (TPSA) is 51.2 Å². The number of hydrogen-bond donors (Lipinski definition) is 0. The summed E-state index contributed by atoms with van der Waals surface area (Å²) in [7, 11) is -3.54. The summed E-state index contributed by atoms with van der Waals surface area (Å²) in [5.41, 5.74) is 0. The Hall–Kier alpha value is -1.42. The highest BCUT2D eigenvalue weighted by Gasteiger charge is 2.47. The molecule has 0 saturated heterocycles. The second-order valence-corrected chi connectivity index (χ2v) is 6.98. The Morgan fingerprint density at radius 2 is 1.72 bits per heavy atom. The molecule has 1 saturated carbocycles. The van der Waals surface area contributed by atoms with E-state index in [0.717, 1.165) is 12.8 Å². The third kappa shape index (κ3) is 1.63. The minimum Gasteiger partial charge on any atom is -0.298 e. The molecular weight excluding hydrogens is 248 g/mol. The maximum Gasteiger partial charge on any atom is 0.188 e. The van der Waals surface area contributed by atoms with E-state index in [9.17, 15) is 13.2 Å². The van der Waals surface area contributed by atoms with E-state index in [4.69, 9.17) is 0 Å². The molecule has 3 aliphatic carbocycles. The standard InChI is InChI=1S/C14H14O3S/c15-13-10-6-8-11(9-7-10)14(13)18(16,17)12-4-2-1-3-5-12/h1-6,8,10-11,14H,7,9H2/t10-,11+,14+/m1/s1. The molecule has 1 fully saturated rings. The molecule has 4 rings (SSSR count). The van der Waals surface area contributed by atoms with E-state index in [0.29, 0.717) is 0 Å². The molecule has 2 bridgehead atoms. The van der Waals surface area contributed by atoms with Gasteiger partial charge in [-0.25, -0.2) is 8.42 Å². The molecule has 0 N–H and O–H groups in total. The number of benzene rings is 1. The summed E-state index contributed by atoms with van der Waals surface area (Å²) >= 11 is 0. The second kappa shape index (κ2) is 4.05. The predicted molar refractivity (Wildman–Crippen MR) is 67.8 cm³/mol. The van der Waals surface area contributed by atoms with Crippen molar-refractivity contribution < 1.29 is 13.2 Å². The average Bonchev–Trinajstić information content (AvgIpc) is 2.40. The number of rotatable bonds is 2. The largest absolute Gasteiger partial charge is 0.298 e. The van der Waals surface area contributed by atoms with E-state index in [1.807, 2.05) is 12.2 Å². The maximum atomic E-state index is 12.5. The molecular formula is C14H14O3S. The van der Waals surface area contributed by atoms with Crippen molar-refractivity contribution in [1.82, 2.24) is 0 Å². The summed E-state index contributed by atoms with van der Waals surface area (Å²) in [5.74, 6) is -0.469. The summed E-state index contributed by atoms with van der Waals surface area (Å²) < 4.78 is 25.1. The number of allylic oxidation sites excluding steroid dienone is 2. The van der Waals surface area contributed by atoms with Gasteiger partial charge >= 0.3 is 0 Å². The van der Waals surface area contributed by atoms with Crippen LogP contribution in [0.4, 0.5) is 0 Å². The van der Waals surface area contributed by atoms with E-state index in [2.05, 4.69) is 0 Å². The summed E-state index contributed by atoms with van der Waals surface area (Å²) in [6, 6.07) is 8.28. The number of carbonyl (C=O) groups is 1. The molecule has 0 amide bonds. The molecule has 0 unspecified atom stereocenters. The lowest BCUT2D eigenvalue weighted by molar-refractivity contribution is -0.124. The summed E-state index contributed by atoms with van der Waals surface area (Å²) in [6.45, 7) is 0. The van der Waals surface area contributed by atoms with Gasteiger partial charge in [0.05, 0.1) is 4.90 Å². The highest BCUT2D eigenvalue weighted by molar-refractivity contribution is 7.92. The number of fused-ring (bicyclic) bond motifs is 2. The Balaban J connectivity index is 2.06. The fraction of sp³-hybridized carbons (Fsp3) is 0.357. The first-order valence-electron chi connectivity index (χ1n) is 6.12. The number of ketones is 1. The van der Waals surface area contributed by atoms with Crippen LogP contribution in [0, 0.1) is 11.8 Å². The fourth-order valence-corrected chi connectivity index (χ4v) is 4.89. The lowest BCUT2D eigenvalue weighted by atomic mass is 9.75. The lowest BCUT2D eigenvalue weighted by Crippen LogP contribution is -2.46. The van der Waals surface area contributed by atoms with Gasteiger partial charge in [0.2, 0.25) is 0 Å². The average molecular weight is 262 g/mol. The second-order valence-electron chi connectivity index (χ2n) is 4.91. The molecule has 0 aliphatic heterocycles. The first kappa shape index (κ1) is 11.7. The summed E-state index contributed by atoms with van der Waals surface area (Å²) in [5, 5.41) is -0.872. The molecule has 4 heteroatoms. The zero-order valence-corrected chi connectivity index (χ0v) is 10.6. The van der Waals surface area contributed by atoms with E-state index in [1.54, 1.807) is 30.3 Å². The minimum absolute atomic E-state index is 0.127. The number of sulfone groups is 1. The Kier molecular flexibility index (Phi) is 2.63. The molecule has 3 nitrogen and oxygen atoms in total. The van der Waals surface area contributed by atoms with Crippen molar-refractivity contribution >= 4 is 15.6 Å². The Bertz CT molecular complexity index is 601. The molecule has 18 heavy (non-hydrogen) atoms. The van der Waals surface area contributed by atoms with Crippen LogP contribution < -0.4 is 0 Å². The number of Topliss-reactive ketones (excluding diaryl/α,β-unsaturated/α-hetero) is 1. The third-order valence-electron chi connectivity index (χ3n) is 3.84. The van der Waals surface area contributed by atoms with Crippen LogP contribution in [-0.4, -0.2) is 19.5 Å². The van der Waals surface area contributed by atoms with Gasteiger partial charge in [-0.2, -0.15) is 0 Å². The molecule has 0 aromatic heterocycles. The van der Waals surface area contributed by atoms with Crippen molar-refractivity contribution in [2.24, 2.45) is 11.8 Å². The van der Waals surface area contributed by atoms with Crippen LogP contribution in [0.3, 0.4) is 0 Å². The SMILES string of the molecule is O=C1[C@@H]2C=C[C@@H](CC2)[C@@H]1S(=O)(=O)c1ccccc1. The predicted octanol–water partition coefficient (Wildman–Crippen LogP) is 1.99. The van der Waals surface area contributed by atoms with Crippen LogP contribution in [0.1, 0.15) is 12.8 Å². The highest BCUT2D eigenvalue weighted by atomic mass is 32.2. The van der Waals surface area contributed by atoms with Crippen molar-refractivity contribution in [3.05, 3.63) is 42.5 Å². The Labute approximate surface area is 106 Å². The van der Waals surface area contributed by atoms with Gasteiger partial charge in [-0.15, -0.1) is 0 Å². The van der Waals surface area contributed by atoms with Crippen LogP contribution in [0.2, 0.25) is 0 Å². The van der Waals surface area contributed by atoms with Gasteiger partial charge in [0, 0.05) is 11.8 Å². The van der Waals surface area contributed by atoms with E-state index in [1.165, 1.54) is 0 Å². The van der Waals surface area contributed by atoms with Crippen LogP contribution >= 0.6 is 0 Å². The van der Waals surface area contributed by atoms with Gasteiger partial charge in [0.1, 0.15) is 5.25 Å². The van der Waals surface area contributed by atoms with Gasteiger partial charge in [-0.3, -0.25) is 4.79 Å². The fourth-order valence-electron chi connectivity index (χ4n) is 2.89. The van der Waals surface area contributed by atoms with Crippen molar-refractivity contribution in [3.63, 3.8) is 0 Å². The van der Waals surface area contributed by atoms with Crippen LogP contribution in [0.15, 0.2) is 47.4 Å². The Morgan fingerprint density at radius 3 is 2.28 bits per heavy atom. The van der Waals surface area contributed by atoms with Gasteiger partial charge in [0.15, 0.2) is 15.6 Å². The third-order valence-corrected chi connectivity index (χ3v) is 6.02. The summed E-state index contributed by atoms with van der Waals surface area (Å²) in [4.78, 5) is 12.4. The van der Waals surface area contributed by atoms with Crippen molar-refractivity contribution in [3.8, 4) is 0 Å².